The number of carbonyl (C=O) groups excluding carboxylic acids is 1. The molecule has 192 valence electrons. The molecule has 4 rings (SSSR count). The molecule has 1 aromatic heterocycles. The molecule has 7 nitrogen and oxygen atoms in total. The molecule has 0 unspecified atom stereocenters. The maximum Gasteiger partial charge on any atom is 0.416 e. The van der Waals surface area contributed by atoms with Crippen molar-refractivity contribution in [2.24, 2.45) is 0 Å². The summed E-state index contributed by atoms with van der Waals surface area (Å²) in [5, 5.41) is 2.60. The number of ether oxygens (including phenoxy) is 1. The van der Waals surface area contributed by atoms with E-state index in [1.54, 1.807) is 37.3 Å². The maximum atomic E-state index is 12.9. The van der Waals surface area contributed by atoms with Crippen molar-refractivity contribution in [2.75, 3.05) is 6.54 Å². The van der Waals surface area contributed by atoms with Gasteiger partial charge in [0.2, 0.25) is 11.0 Å². The van der Waals surface area contributed by atoms with Crippen molar-refractivity contribution in [3.05, 3.63) is 83.1 Å². The highest BCUT2D eigenvalue weighted by Gasteiger charge is 2.40. The molecule has 1 fully saturated rings. The molecule has 1 saturated heterocycles. The van der Waals surface area contributed by atoms with Gasteiger partial charge in [0.25, 0.3) is 10.0 Å². The molecule has 3 aromatic rings. The van der Waals surface area contributed by atoms with Gasteiger partial charge in [-0.3, -0.25) is 4.79 Å². The highest BCUT2D eigenvalue weighted by Crippen LogP contribution is 2.30. The summed E-state index contributed by atoms with van der Waals surface area (Å²) in [6.07, 6.45) is -3.43. The van der Waals surface area contributed by atoms with Gasteiger partial charge in [-0.2, -0.15) is 17.5 Å². The van der Waals surface area contributed by atoms with Gasteiger partial charge in [-0.05, 0) is 67.3 Å². The summed E-state index contributed by atoms with van der Waals surface area (Å²) < 4.78 is 76.1. The minimum absolute atomic E-state index is 0.0785. The van der Waals surface area contributed by atoms with Crippen LogP contribution in [0.25, 0.3) is 0 Å². The number of aryl methyl sites for hydroxylation is 1. The van der Waals surface area contributed by atoms with Crippen LogP contribution in [0.2, 0.25) is 0 Å². The Morgan fingerprint density at radius 3 is 2.53 bits per heavy atom. The van der Waals surface area contributed by atoms with Crippen molar-refractivity contribution in [3.63, 3.8) is 0 Å². The molecule has 2 heterocycles. The lowest BCUT2D eigenvalue weighted by atomic mass is 10.1. The average Bonchev–Trinajstić information content (AvgIpc) is 3.51. The Kier molecular flexibility index (Phi) is 7.41. The largest absolute Gasteiger partial charge is 0.489 e. The first-order valence-corrected chi connectivity index (χ1v) is 12.7. The number of hydrogen-bond donors (Lipinski definition) is 1. The maximum absolute atomic E-state index is 12.9. The van der Waals surface area contributed by atoms with Crippen molar-refractivity contribution in [1.82, 2.24) is 9.62 Å². The van der Waals surface area contributed by atoms with Crippen LogP contribution in [0.3, 0.4) is 0 Å². The number of rotatable bonds is 8. The van der Waals surface area contributed by atoms with E-state index in [1.165, 1.54) is 22.5 Å². The molecule has 1 atom stereocenters. The van der Waals surface area contributed by atoms with Crippen LogP contribution in [0.4, 0.5) is 13.2 Å². The minimum atomic E-state index is -4.39. The van der Waals surface area contributed by atoms with Gasteiger partial charge in [-0.1, -0.05) is 24.3 Å². The number of carbonyl (C=O) groups is 1. The zero-order valence-corrected chi connectivity index (χ0v) is 20.2. The molecular weight excluding hydrogens is 497 g/mol. The van der Waals surface area contributed by atoms with Crippen molar-refractivity contribution >= 4 is 15.9 Å². The highest BCUT2D eigenvalue weighted by atomic mass is 32.2. The Balaban J connectivity index is 1.34. The van der Waals surface area contributed by atoms with E-state index < -0.39 is 33.7 Å². The van der Waals surface area contributed by atoms with Gasteiger partial charge in [0.05, 0.1) is 5.56 Å². The first-order chi connectivity index (χ1) is 17.0. The second-order valence-electron chi connectivity index (χ2n) is 8.49. The van der Waals surface area contributed by atoms with E-state index in [0.717, 1.165) is 17.7 Å². The lowest BCUT2D eigenvalue weighted by Crippen LogP contribution is -2.45. The number of nitrogens with zero attached hydrogens (tertiary/aromatic N) is 1. The molecule has 1 N–H and O–H groups in total. The van der Waals surface area contributed by atoms with E-state index >= 15 is 0 Å². The lowest BCUT2D eigenvalue weighted by molar-refractivity contribution is -0.137. The van der Waals surface area contributed by atoms with Gasteiger partial charge in [-0.25, -0.2) is 8.42 Å². The zero-order chi connectivity index (χ0) is 25.9. The smallest absolute Gasteiger partial charge is 0.416 e. The SMILES string of the molecule is Cc1ccc(S(=O)(=O)N2CCC[C@H]2C(=O)NCc2cccc(OCc3ccc(C(F)(F)F)cc3)c2)o1. The molecule has 2 aromatic carbocycles. The molecule has 1 aliphatic heterocycles. The van der Waals surface area contributed by atoms with Crippen LogP contribution in [0.15, 0.2) is 70.2 Å². The molecule has 0 aliphatic carbocycles. The van der Waals surface area contributed by atoms with Gasteiger partial charge in [0.15, 0.2) is 0 Å². The fourth-order valence-electron chi connectivity index (χ4n) is 3.97. The Hall–Kier alpha value is -3.31. The fourth-order valence-corrected chi connectivity index (χ4v) is 5.58. The molecular formula is C25H25F3N2O5S. The average molecular weight is 523 g/mol. The van der Waals surface area contributed by atoms with Crippen LogP contribution in [-0.4, -0.2) is 31.2 Å². The van der Waals surface area contributed by atoms with E-state index in [-0.39, 0.29) is 24.8 Å². The van der Waals surface area contributed by atoms with Crippen molar-refractivity contribution in [3.8, 4) is 5.75 Å². The van der Waals surface area contributed by atoms with Crippen LogP contribution in [0, 0.1) is 6.92 Å². The van der Waals surface area contributed by atoms with Crippen LogP contribution in [-0.2, 0) is 34.1 Å². The number of alkyl halides is 3. The second-order valence-corrected chi connectivity index (χ2v) is 10.3. The molecule has 1 amide bonds. The summed E-state index contributed by atoms with van der Waals surface area (Å²) in [6.45, 7) is 2.11. The van der Waals surface area contributed by atoms with Crippen LogP contribution in [0.5, 0.6) is 5.75 Å². The Labute approximate surface area is 206 Å². The topological polar surface area (TPSA) is 88.9 Å². The monoisotopic (exact) mass is 522 g/mol. The third kappa shape index (κ3) is 5.90. The summed E-state index contributed by atoms with van der Waals surface area (Å²) in [6, 6.07) is 13.8. The Morgan fingerprint density at radius 1 is 1.11 bits per heavy atom. The molecule has 0 spiro atoms. The van der Waals surface area contributed by atoms with E-state index in [4.69, 9.17) is 9.15 Å². The van der Waals surface area contributed by atoms with Crippen molar-refractivity contribution in [2.45, 2.75) is 50.2 Å². The summed E-state index contributed by atoms with van der Waals surface area (Å²) in [4.78, 5) is 12.8. The van der Waals surface area contributed by atoms with Crippen LogP contribution < -0.4 is 10.1 Å². The van der Waals surface area contributed by atoms with Crippen molar-refractivity contribution in [1.29, 1.82) is 0 Å². The molecule has 0 bridgehead atoms. The number of benzene rings is 2. The number of sulfonamides is 1. The van der Waals surface area contributed by atoms with Gasteiger partial charge in [0.1, 0.15) is 24.2 Å². The van der Waals surface area contributed by atoms with E-state index in [0.29, 0.717) is 29.9 Å². The second kappa shape index (κ2) is 10.4. The van der Waals surface area contributed by atoms with Crippen molar-refractivity contribution < 1.29 is 35.5 Å². The van der Waals surface area contributed by atoms with Crippen LogP contribution >= 0.6 is 0 Å². The lowest BCUT2D eigenvalue weighted by Gasteiger charge is -2.22. The Morgan fingerprint density at radius 2 is 1.86 bits per heavy atom. The fraction of sp³-hybridized carbons (Fsp3) is 0.320. The minimum Gasteiger partial charge on any atom is -0.489 e. The third-order valence-corrected chi connectivity index (χ3v) is 7.62. The van der Waals surface area contributed by atoms with Gasteiger partial charge >= 0.3 is 6.18 Å². The first-order valence-electron chi connectivity index (χ1n) is 11.3. The van der Waals surface area contributed by atoms with Gasteiger partial charge < -0.3 is 14.5 Å². The van der Waals surface area contributed by atoms with E-state index in [2.05, 4.69) is 5.32 Å². The normalized spacial score (nSPS) is 16.7. The number of hydrogen-bond acceptors (Lipinski definition) is 5. The number of furan rings is 1. The Bertz CT molecular complexity index is 1320. The quantitative estimate of drug-likeness (QED) is 0.465. The molecule has 1 aliphatic rings. The molecule has 36 heavy (non-hydrogen) atoms. The number of nitrogens with one attached hydrogen (secondary N) is 1. The summed E-state index contributed by atoms with van der Waals surface area (Å²) in [5.74, 6) is 0.546. The van der Waals surface area contributed by atoms with Gasteiger partial charge in [-0.15, -0.1) is 0 Å². The van der Waals surface area contributed by atoms with Gasteiger partial charge in [0, 0.05) is 13.1 Å². The summed E-state index contributed by atoms with van der Waals surface area (Å²) in [5.41, 5.74) is 0.579. The molecule has 0 radical (unpaired) electrons. The standard InChI is InChI=1S/C25H25F3N2O5S/c1-17-7-12-23(35-17)36(32,33)30-13-3-6-22(30)24(31)29-15-19-4-2-5-21(14-19)34-16-18-8-10-20(11-9-18)25(26,27)28/h2,4-5,7-12,14,22H,3,6,13,15-16H2,1H3,(H,29,31)/t22-/m0/s1. The zero-order valence-electron chi connectivity index (χ0n) is 19.4. The number of halogens is 3. The summed E-state index contributed by atoms with van der Waals surface area (Å²) >= 11 is 0. The molecule has 0 saturated carbocycles. The highest BCUT2D eigenvalue weighted by molar-refractivity contribution is 7.89. The van der Waals surface area contributed by atoms with Crippen LogP contribution in [0.1, 0.15) is 35.3 Å². The number of amides is 1. The van der Waals surface area contributed by atoms with E-state index in [1.807, 2.05) is 0 Å². The predicted octanol–water partition coefficient (Wildman–Crippen LogP) is 4.66. The third-order valence-electron chi connectivity index (χ3n) is 5.84. The van der Waals surface area contributed by atoms with E-state index in [9.17, 15) is 26.4 Å². The molecule has 11 heteroatoms. The predicted molar refractivity (Wildman–Crippen MR) is 124 cm³/mol. The summed E-state index contributed by atoms with van der Waals surface area (Å²) in [7, 11) is -3.92. The first kappa shape index (κ1) is 25.8.